The van der Waals surface area contributed by atoms with E-state index in [0.29, 0.717) is 28.1 Å². The summed E-state index contributed by atoms with van der Waals surface area (Å²) in [4.78, 5) is 44.0. The molecule has 0 spiro atoms. The second-order valence-electron chi connectivity index (χ2n) is 7.96. The summed E-state index contributed by atoms with van der Waals surface area (Å²) in [6, 6.07) is 5.15. The topological polar surface area (TPSA) is 163 Å². The third kappa shape index (κ3) is 3.93. The number of fused-ring (bicyclic) bond motifs is 1. The Morgan fingerprint density at radius 2 is 1.91 bits per heavy atom. The van der Waals surface area contributed by atoms with E-state index in [9.17, 15) is 9.59 Å². The number of imidazole rings is 1. The zero-order valence-electron chi connectivity index (χ0n) is 17.7. The number of pyridine rings is 3. The molecule has 0 atom stereocenters. The van der Waals surface area contributed by atoms with Crippen molar-refractivity contribution >= 4 is 34.4 Å². The van der Waals surface area contributed by atoms with Gasteiger partial charge in [0, 0.05) is 46.9 Å². The lowest BCUT2D eigenvalue weighted by atomic mass is 10.0. The molecule has 164 valence electrons. The summed E-state index contributed by atoms with van der Waals surface area (Å²) in [7, 11) is 0. The summed E-state index contributed by atoms with van der Waals surface area (Å²) in [5, 5.41) is 11.6. The van der Waals surface area contributed by atoms with Gasteiger partial charge in [-0.25, -0.2) is 9.97 Å². The van der Waals surface area contributed by atoms with Crippen molar-refractivity contribution in [1.29, 1.82) is 5.41 Å². The Kier molecular flexibility index (Phi) is 4.89. The Balaban J connectivity index is 1.49. The standard InChI is InChI=1S/C23H20N8O2/c1-11-17(18(24)21-30-19-16(20(25)32)4-5-27-22(19)31-21)7-14(9-28-11)13-6-15(10-26-8-13)29-23(33)12-2-3-12/h4-10,12,24H,2-3H2,1H3,(H2,25,32)(H,29,33)(H,27,30,31). The summed E-state index contributed by atoms with van der Waals surface area (Å²) in [5.41, 5.74) is 9.75. The number of nitrogens with one attached hydrogen (secondary N) is 3. The molecule has 0 bridgehead atoms. The van der Waals surface area contributed by atoms with E-state index < -0.39 is 5.91 Å². The van der Waals surface area contributed by atoms with Crippen molar-refractivity contribution in [3.8, 4) is 11.1 Å². The SMILES string of the molecule is Cc1ncc(-c2cncc(NC(=O)C3CC3)c2)cc1C(=N)c1nc2c(C(N)=O)ccnc2[nH]1. The van der Waals surface area contributed by atoms with Crippen LogP contribution < -0.4 is 11.1 Å². The maximum absolute atomic E-state index is 12.1. The first-order valence-corrected chi connectivity index (χ1v) is 10.4. The number of carbonyl (C=O) groups is 2. The fourth-order valence-electron chi connectivity index (χ4n) is 3.56. The van der Waals surface area contributed by atoms with Gasteiger partial charge in [0.2, 0.25) is 5.91 Å². The highest BCUT2D eigenvalue weighted by molar-refractivity contribution is 6.12. The van der Waals surface area contributed by atoms with Crippen LogP contribution >= 0.6 is 0 Å². The molecule has 4 heterocycles. The molecular weight excluding hydrogens is 420 g/mol. The van der Waals surface area contributed by atoms with Crippen molar-refractivity contribution < 1.29 is 9.59 Å². The lowest BCUT2D eigenvalue weighted by Crippen LogP contribution is -2.13. The minimum absolute atomic E-state index is 0.00673. The average molecular weight is 440 g/mol. The highest BCUT2D eigenvalue weighted by Gasteiger charge is 2.29. The van der Waals surface area contributed by atoms with Crippen LogP contribution in [0, 0.1) is 18.3 Å². The smallest absolute Gasteiger partial charge is 0.251 e. The summed E-state index contributed by atoms with van der Waals surface area (Å²) < 4.78 is 0. The highest BCUT2D eigenvalue weighted by Crippen LogP contribution is 2.31. The van der Waals surface area contributed by atoms with E-state index in [0.717, 1.165) is 24.0 Å². The second kappa shape index (κ2) is 7.90. The van der Waals surface area contributed by atoms with Crippen molar-refractivity contribution in [1.82, 2.24) is 24.9 Å². The zero-order chi connectivity index (χ0) is 23.1. The van der Waals surface area contributed by atoms with Crippen LogP contribution in [-0.4, -0.2) is 42.4 Å². The summed E-state index contributed by atoms with van der Waals surface area (Å²) in [5.74, 6) is -0.271. The molecule has 5 rings (SSSR count). The Morgan fingerprint density at radius 3 is 2.67 bits per heavy atom. The third-order valence-corrected chi connectivity index (χ3v) is 5.53. The van der Waals surface area contributed by atoms with E-state index in [1.54, 1.807) is 25.5 Å². The predicted octanol–water partition coefficient (Wildman–Crippen LogP) is 2.59. The van der Waals surface area contributed by atoms with Crippen molar-refractivity contribution in [2.24, 2.45) is 11.7 Å². The van der Waals surface area contributed by atoms with Gasteiger partial charge in [0.25, 0.3) is 5.91 Å². The van der Waals surface area contributed by atoms with E-state index in [1.807, 2.05) is 12.1 Å². The molecule has 2 amide bonds. The number of rotatable bonds is 6. The second-order valence-corrected chi connectivity index (χ2v) is 7.96. The van der Waals surface area contributed by atoms with Gasteiger partial charge < -0.3 is 16.0 Å². The number of hydrogen-bond acceptors (Lipinski definition) is 7. The van der Waals surface area contributed by atoms with E-state index in [-0.39, 0.29) is 28.9 Å². The van der Waals surface area contributed by atoms with Crippen molar-refractivity contribution in [2.45, 2.75) is 19.8 Å². The molecule has 0 unspecified atom stereocenters. The molecule has 5 N–H and O–H groups in total. The predicted molar refractivity (Wildman–Crippen MR) is 122 cm³/mol. The van der Waals surface area contributed by atoms with Crippen LogP contribution in [0.5, 0.6) is 0 Å². The molecule has 1 aliphatic rings. The first-order chi connectivity index (χ1) is 15.9. The molecule has 1 saturated carbocycles. The number of aryl methyl sites for hydroxylation is 1. The molecule has 0 aromatic carbocycles. The summed E-state index contributed by atoms with van der Waals surface area (Å²) >= 11 is 0. The van der Waals surface area contributed by atoms with Crippen LogP contribution in [0.25, 0.3) is 22.3 Å². The van der Waals surface area contributed by atoms with Crippen LogP contribution in [0.1, 0.15) is 40.3 Å². The molecule has 0 aliphatic heterocycles. The number of anilines is 1. The number of primary amides is 1. The van der Waals surface area contributed by atoms with Gasteiger partial charge in [-0.2, -0.15) is 0 Å². The normalized spacial score (nSPS) is 13.1. The quantitative estimate of drug-likeness (QED) is 0.337. The number of aromatic amines is 1. The molecule has 10 heteroatoms. The number of amides is 2. The number of carbonyl (C=O) groups excluding carboxylic acids is 2. The number of H-pyrrole nitrogens is 1. The van der Waals surface area contributed by atoms with Gasteiger partial charge in [-0.3, -0.25) is 25.0 Å². The van der Waals surface area contributed by atoms with Crippen LogP contribution in [0.4, 0.5) is 5.69 Å². The van der Waals surface area contributed by atoms with Crippen LogP contribution in [0.15, 0.2) is 43.0 Å². The van der Waals surface area contributed by atoms with Gasteiger partial charge in [0.1, 0.15) is 11.2 Å². The molecular formula is C23H20N8O2. The van der Waals surface area contributed by atoms with Crippen LogP contribution in [0.3, 0.4) is 0 Å². The maximum atomic E-state index is 12.1. The molecule has 0 radical (unpaired) electrons. The molecule has 33 heavy (non-hydrogen) atoms. The summed E-state index contributed by atoms with van der Waals surface area (Å²) in [6.07, 6.45) is 8.28. The lowest BCUT2D eigenvalue weighted by Gasteiger charge is -2.10. The van der Waals surface area contributed by atoms with E-state index in [1.165, 1.54) is 12.3 Å². The first-order valence-electron chi connectivity index (χ1n) is 10.4. The van der Waals surface area contributed by atoms with Gasteiger partial charge in [0.05, 0.1) is 17.4 Å². The minimum Gasteiger partial charge on any atom is -0.366 e. The zero-order valence-corrected chi connectivity index (χ0v) is 17.7. The number of nitrogens with zero attached hydrogens (tertiary/aromatic N) is 4. The molecule has 1 aliphatic carbocycles. The molecule has 4 aromatic heterocycles. The van der Waals surface area contributed by atoms with E-state index >= 15 is 0 Å². The minimum atomic E-state index is -0.618. The number of hydrogen-bond donors (Lipinski definition) is 4. The fraction of sp³-hybridized carbons (Fsp3) is 0.174. The van der Waals surface area contributed by atoms with Crippen molar-refractivity contribution in [3.63, 3.8) is 0 Å². The van der Waals surface area contributed by atoms with Crippen LogP contribution in [0.2, 0.25) is 0 Å². The average Bonchev–Trinajstić information content (AvgIpc) is 3.57. The van der Waals surface area contributed by atoms with Gasteiger partial charge in [-0.1, -0.05) is 0 Å². The molecule has 10 nitrogen and oxygen atoms in total. The number of aromatic nitrogens is 5. The Labute approximate surface area is 188 Å². The molecule has 4 aromatic rings. The van der Waals surface area contributed by atoms with Crippen LogP contribution in [-0.2, 0) is 4.79 Å². The Morgan fingerprint density at radius 1 is 1.12 bits per heavy atom. The fourth-order valence-corrected chi connectivity index (χ4v) is 3.56. The van der Waals surface area contributed by atoms with E-state index in [2.05, 4.69) is 30.2 Å². The van der Waals surface area contributed by atoms with Gasteiger partial charge in [0.15, 0.2) is 11.5 Å². The first kappa shape index (κ1) is 20.4. The van der Waals surface area contributed by atoms with Gasteiger partial charge in [-0.05, 0) is 38.0 Å². The van der Waals surface area contributed by atoms with Gasteiger partial charge >= 0.3 is 0 Å². The number of nitrogens with two attached hydrogens (primary N) is 1. The highest BCUT2D eigenvalue weighted by atomic mass is 16.2. The van der Waals surface area contributed by atoms with Crippen molar-refractivity contribution in [2.75, 3.05) is 5.32 Å². The maximum Gasteiger partial charge on any atom is 0.251 e. The third-order valence-electron chi connectivity index (χ3n) is 5.53. The Bertz CT molecular complexity index is 1440. The molecule has 1 fully saturated rings. The monoisotopic (exact) mass is 440 g/mol. The van der Waals surface area contributed by atoms with E-state index in [4.69, 9.17) is 11.1 Å². The molecule has 0 saturated heterocycles. The summed E-state index contributed by atoms with van der Waals surface area (Å²) in [6.45, 7) is 1.80. The Hall–Kier alpha value is -4.47. The van der Waals surface area contributed by atoms with Gasteiger partial charge in [-0.15, -0.1) is 0 Å². The lowest BCUT2D eigenvalue weighted by molar-refractivity contribution is -0.117. The largest absolute Gasteiger partial charge is 0.366 e. The van der Waals surface area contributed by atoms with Crippen molar-refractivity contribution in [3.05, 3.63) is 65.6 Å².